The van der Waals surface area contributed by atoms with Crippen molar-refractivity contribution in [2.24, 2.45) is 0 Å². The molecule has 2 heterocycles. The van der Waals surface area contributed by atoms with Gasteiger partial charge in [-0.2, -0.15) is 5.10 Å². The van der Waals surface area contributed by atoms with E-state index in [1.165, 1.54) is 11.1 Å². The minimum atomic E-state index is 0.578. The zero-order valence-electron chi connectivity index (χ0n) is 11.3. The number of nitrogens with one attached hydrogen (secondary N) is 1. The van der Waals surface area contributed by atoms with E-state index in [0.29, 0.717) is 4.77 Å². The Bertz CT molecular complexity index is 782. The predicted octanol–water partition coefficient (Wildman–Crippen LogP) is 3.61. The molecule has 20 heavy (non-hydrogen) atoms. The molecule has 0 saturated heterocycles. The molecule has 2 aromatic heterocycles. The van der Waals surface area contributed by atoms with Gasteiger partial charge in [-0.1, -0.05) is 6.07 Å². The summed E-state index contributed by atoms with van der Waals surface area (Å²) in [5.41, 5.74) is 4.33. The number of aryl methyl sites for hydroxylation is 2. The van der Waals surface area contributed by atoms with Gasteiger partial charge < -0.3 is 0 Å². The molecule has 0 bridgehead atoms. The van der Waals surface area contributed by atoms with E-state index in [1.54, 1.807) is 12.4 Å². The SMILES string of the molecule is Cc1cc(C)cc(-n2c(-c3cccnc3)n[nH]c2=S)c1. The van der Waals surface area contributed by atoms with Gasteiger partial charge >= 0.3 is 0 Å². The zero-order valence-corrected chi connectivity index (χ0v) is 12.1. The van der Waals surface area contributed by atoms with Crippen LogP contribution in [0.2, 0.25) is 0 Å². The molecule has 0 atom stereocenters. The fraction of sp³-hybridized carbons (Fsp3) is 0.133. The fourth-order valence-corrected chi connectivity index (χ4v) is 2.54. The number of hydrogen-bond acceptors (Lipinski definition) is 3. The van der Waals surface area contributed by atoms with Crippen LogP contribution in [0.15, 0.2) is 42.7 Å². The minimum Gasteiger partial charge on any atom is -0.268 e. The van der Waals surface area contributed by atoms with Gasteiger partial charge in [-0.3, -0.25) is 14.6 Å². The molecule has 100 valence electrons. The highest BCUT2D eigenvalue weighted by Crippen LogP contribution is 2.22. The average Bonchev–Trinajstić information content (AvgIpc) is 2.80. The maximum absolute atomic E-state index is 5.37. The molecule has 1 aromatic carbocycles. The lowest BCUT2D eigenvalue weighted by atomic mass is 10.1. The Morgan fingerprint density at radius 1 is 1.15 bits per heavy atom. The van der Waals surface area contributed by atoms with Crippen LogP contribution < -0.4 is 0 Å². The number of aromatic amines is 1. The summed E-state index contributed by atoms with van der Waals surface area (Å²) in [5, 5.41) is 7.19. The second kappa shape index (κ2) is 5.02. The highest BCUT2D eigenvalue weighted by atomic mass is 32.1. The molecule has 0 saturated carbocycles. The Balaban J connectivity index is 2.24. The van der Waals surface area contributed by atoms with Crippen molar-refractivity contribution >= 4 is 12.2 Å². The highest BCUT2D eigenvalue weighted by Gasteiger charge is 2.11. The van der Waals surface area contributed by atoms with Gasteiger partial charge in [0.25, 0.3) is 0 Å². The number of benzene rings is 1. The monoisotopic (exact) mass is 282 g/mol. The highest BCUT2D eigenvalue weighted by molar-refractivity contribution is 7.71. The summed E-state index contributed by atoms with van der Waals surface area (Å²) in [5.74, 6) is 0.771. The molecule has 0 spiro atoms. The van der Waals surface area contributed by atoms with Crippen molar-refractivity contribution in [2.45, 2.75) is 13.8 Å². The van der Waals surface area contributed by atoms with Gasteiger partial charge in [-0.15, -0.1) is 0 Å². The van der Waals surface area contributed by atoms with E-state index in [9.17, 15) is 0 Å². The van der Waals surface area contributed by atoms with Gasteiger partial charge in [0, 0.05) is 18.0 Å². The van der Waals surface area contributed by atoms with Gasteiger partial charge in [-0.25, -0.2) is 0 Å². The molecule has 0 fully saturated rings. The van der Waals surface area contributed by atoms with Gasteiger partial charge in [0.1, 0.15) is 0 Å². The summed E-state index contributed by atoms with van der Waals surface area (Å²) in [4.78, 5) is 4.14. The number of pyridine rings is 1. The lowest BCUT2D eigenvalue weighted by Crippen LogP contribution is -1.99. The van der Waals surface area contributed by atoms with Crippen molar-refractivity contribution < 1.29 is 0 Å². The van der Waals surface area contributed by atoms with Gasteiger partial charge in [0.05, 0.1) is 5.69 Å². The zero-order chi connectivity index (χ0) is 14.1. The first-order chi connectivity index (χ1) is 9.65. The third-order valence-electron chi connectivity index (χ3n) is 3.06. The largest absolute Gasteiger partial charge is 0.268 e. The van der Waals surface area contributed by atoms with Gasteiger partial charge in [0.15, 0.2) is 10.6 Å². The number of hydrogen-bond donors (Lipinski definition) is 1. The molecule has 3 aromatic rings. The molecular weight excluding hydrogens is 268 g/mol. The Morgan fingerprint density at radius 3 is 2.55 bits per heavy atom. The van der Waals surface area contributed by atoms with Crippen LogP contribution in [0, 0.1) is 18.6 Å². The van der Waals surface area contributed by atoms with Crippen LogP contribution in [-0.2, 0) is 0 Å². The molecule has 0 aliphatic heterocycles. The van der Waals surface area contributed by atoms with Crippen LogP contribution in [-0.4, -0.2) is 19.7 Å². The van der Waals surface area contributed by atoms with Crippen molar-refractivity contribution in [3.8, 4) is 17.1 Å². The van der Waals surface area contributed by atoms with E-state index >= 15 is 0 Å². The molecule has 1 N–H and O–H groups in total. The van der Waals surface area contributed by atoms with E-state index in [4.69, 9.17) is 12.2 Å². The molecule has 3 rings (SSSR count). The predicted molar refractivity (Wildman–Crippen MR) is 81.5 cm³/mol. The van der Waals surface area contributed by atoms with Crippen LogP contribution in [0.3, 0.4) is 0 Å². The molecule has 0 radical (unpaired) electrons. The first-order valence-electron chi connectivity index (χ1n) is 6.31. The maximum atomic E-state index is 5.37. The van der Waals surface area contributed by atoms with E-state index in [2.05, 4.69) is 47.2 Å². The Kier molecular flexibility index (Phi) is 3.20. The third-order valence-corrected chi connectivity index (χ3v) is 3.33. The van der Waals surface area contributed by atoms with Crippen molar-refractivity contribution in [1.82, 2.24) is 19.7 Å². The van der Waals surface area contributed by atoms with Crippen LogP contribution >= 0.6 is 12.2 Å². The molecule has 0 aliphatic rings. The molecule has 0 amide bonds. The summed E-state index contributed by atoms with van der Waals surface area (Å²) in [6, 6.07) is 10.2. The van der Waals surface area contributed by atoms with Crippen LogP contribution in [0.5, 0.6) is 0 Å². The van der Waals surface area contributed by atoms with E-state index in [1.807, 2.05) is 16.7 Å². The molecule has 0 aliphatic carbocycles. The van der Waals surface area contributed by atoms with Crippen molar-refractivity contribution in [3.05, 3.63) is 58.6 Å². The number of H-pyrrole nitrogens is 1. The summed E-state index contributed by atoms with van der Waals surface area (Å²) >= 11 is 5.37. The summed E-state index contributed by atoms with van der Waals surface area (Å²) in [6.07, 6.45) is 3.52. The molecule has 5 heteroatoms. The number of rotatable bonds is 2. The second-order valence-electron chi connectivity index (χ2n) is 4.78. The fourth-order valence-electron chi connectivity index (χ4n) is 2.30. The van der Waals surface area contributed by atoms with Crippen molar-refractivity contribution in [3.63, 3.8) is 0 Å². The number of aromatic nitrogens is 4. The molecular formula is C15H14N4S. The van der Waals surface area contributed by atoms with Crippen LogP contribution in [0.1, 0.15) is 11.1 Å². The van der Waals surface area contributed by atoms with E-state index in [-0.39, 0.29) is 0 Å². The lowest BCUT2D eigenvalue weighted by Gasteiger charge is -2.09. The Morgan fingerprint density at radius 2 is 1.90 bits per heavy atom. The van der Waals surface area contributed by atoms with E-state index in [0.717, 1.165) is 17.1 Å². The maximum Gasteiger partial charge on any atom is 0.200 e. The van der Waals surface area contributed by atoms with Crippen LogP contribution in [0.4, 0.5) is 0 Å². The van der Waals surface area contributed by atoms with Crippen LogP contribution in [0.25, 0.3) is 17.1 Å². The standard InChI is InChI=1S/C15H14N4S/c1-10-6-11(2)8-13(7-10)19-14(17-18-15(19)20)12-4-3-5-16-9-12/h3-9H,1-2H3,(H,18,20). The smallest absolute Gasteiger partial charge is 0.200 e. The molecule has 4 nitrogen and oxygen atoms in total. The van der Waals surface area contributed by atoms with Gasteiger partial charge in [0.2, 0.25) is 0 Å². The third kappa shape index (κ3) is 2.28. The van der Waals surface area contributed by atoms with Crippen molar-refractivity contribution in [1.29, 1.82) is 0 Å². The Labute approximate surface area is 122 Å². The summed E-state index contributed by atoms with van der Waals surface area (Å²) in [7, 11) is 0. The van der Waals surface area contributed by atoms with E-state index < -0.39 is 0 Å². The topological polar surface area (TPSA) is 46.5 Å². The normalized spacial score (nSPS) is 10.7. The molecule has 0 unspecified atom stereocenters. The summed E-state index contributed by atoms with van der Waals surface area (Å²) in [6.45, 7) is 4.15. The quantitative estimate of drug-likeness (QED) is 0.730. The number of nitrogens with zero attached hydrogens (tertiary/aromatic N) is 3. The Hall–Kier alpha value is -2.27. The first kappa shape index (κ1) is 12.7. The minimum absolute atomic E-state index is 0.578. The van der Waals surface area contributed by atoms with Gasteiger partial charge in [-0.05, 0) is 61.5 Å². The van der Waals surface area contributed by atoms with Crippen molar-refractivity contribution in [2.75, 3.05) is 0 Å². The second-order valence-corrected chi connectivity index (χ2v) is 5.16. The average molecular weight is 282 g/mol. The summed E-state index contributed by atoms with van der Waals surface area (Å²) < 4.78 is 2.51. The first-order valence-corrected chi connectivity index (χ1v) is 6.72. The lowest BCUT2D eigenvalue weighted by molar-refractivity contribution is 1.03.